The number of benzene rings is 1. The highest BCUT2D eigenvalue weighted by Crippen LogP contribution is 2.33. The lowest BCUT2D eigenvalue weighted by Gasteiger charge is -2.10. The molecule has 1 atom stereocenters. The Hall–Kier alpha value is -1.64. The molecule has 1 aliphatic carbocycles. The molecule has 0 aliphatic heterocycles. The SMILES string of the molecule is O=CC(OC(=O)c1ccccc1)C1CC1. The summed E-state index contributed by atoms with van der Waals surface area (Å²) in [6.07, 6.45) is 2.12. The summed E-state index contributed by atoms with van der Waals surface area (Å²) in [4.78, 5) is 22.2. The Morgan fingerprint density at radius 3 is 2.53 bits per heavy atom. The molecule has 2 rings (SSSR count). The van der Waals surface area contributed by atoms with Crippen LogP contribution in [0.2, 0.25) is 0 Å². The Morgan fingerprint density at radius 1 is 1.33 bits per heavy atom. The summed E-state index contributed by atoms with van der Waals surface area (Å²) in [7, 11) is 0. The highest BCUT2D eigenvalue weighted by Gasteiger charge is 2.33. The van der Waals surface area contributed by atoms with Gasteiger partial charge in [0.25, 0.3) is 0 Å². The molecule has 1 saturated carbocycles. The van der Waals surface area contributed by atoms with Crippen LogP contribution in [0.3, 0.4) is 0 Å². The van der Waals surface area contributed by atoms with Crippen LogP contribution in [0, 0.1) is 5.92 Å². The van der Waals surface area contributed by atoms with Crippen molar-refractivity contribution in [3.8, 4) is 0 Å². The maximum absolute atomic E-state index is 11.6. The zero-order chi connectivity index (χ0) is 10.7. The van der Waals surface area contributed by atoms with E-state index >= 15 is 0 Å². The van der Waals surface area contributed by atoms with Crippen molar-refractivity contribution in [3.05, 3.63) is 35.9 Å². The van der Waals surface area contributed by atoms with E-state index in [1.807, 2.05) is 6.07 Å². The Kier molecular flexibility index (Phi) is 2.81. The van der Waals surface area contributed by atoms with Gasteiger partial charge in [0.15, 0.2) is 12.4 Å². The molecule has 1 aliphatic rings. The van der Waals surface area contributed by atoms with E-state index in [2.05, 4.69) is 0 Å². The summed E-state index contributed by atoms with van der Waals surface area (Å²) >= 11 is 0. The molecule has 0 heterocycles. The van der Waals surface area contributed by atoms with Crippen LogP contribution in [0.15, 0.2) is 30.3 Å². The van der Waals surface area contributed by atoms with E-state index in [9.17, 15) is 9.59 Å². The van der Waals surface area contributed by atoms with Gasteiger partial charge < -0.3 is 4.74 Å². The van der Waals surface area contributed by atoms with E-state index in [4.69, 9.17) is 4.74 Å². The quantitative estimate of drug-likeness (QED) is 0.555. The lowest BCUT2D eigenvalue weighted by molar-refractivity contribution is -0.116. The highest BCUT2D eigenvalue weighted by atomic mass is 16.5. The van der Waals surface area contributed by atoms with Crippen LogP contribution in [0.1, 0.15) is 23.2 Å². The lowest BCUT2D eigenvalue weighted by atomic mass is 10.2. The van der Waals surface area contributed by atoms with Gasteiger partial charge in [-0.3, -0.25) is 4.79 Å². The van der Waals surface area contributed by atoms with Crippen LogP contribution in [0.4, 0.5) is 0 Å². The van der Waals surface area contributed by atoms with Gasteiger partial charge in [0.1, 0.15) is 0 Å². The molecule has 0 radical (unpaired) electrons. The average Bonchev–Trinajstić information content (AvgIpc) is 3.10. The Balaban J connectivity index is 1.99. The summed E-state index contributed by atoms with van der Waals surface area (Å²) in [5, 5.41) is 0. The van der Waals surface area contributed by atoms with Crippen molar-refractivity contribution in [2.24, 2.45) is 5.92 Å². The maximum atomic E-state index is 11.6. The highest BCUT2D eigenvalue weighted by molar-refractivity contribution is 5.90. The molecule has 1 fully saturated rings. The number of hydrogen-bond acceptors (Lipinski definition) is 3. The molecular weight excluding hydrogens is 192 g/mol. The molecule has 1 aromatic carbocycles. The topological polar surface area (TPSA) is 43.4 Å². The van der Waals surface area contributed by atoms with Gasteiger partial charge in [-0.05, 0) is 25.0 Å². The van der Waals surface area contributed by atoms with Crippen LogP contribution in [0.25, 0.3) is 0 Å². The minimum absolute atomic E-state index is 0.246. The first-order chi connectivity index (χ1) is 7.31. The molecule has 0 spiro atoms. The summed E-state index contributed by atoms with van der Waals surface area (Å²) in [5.41, 5.74) is 0.491. The van der Waals surface area contributed by atoms with Crippen molar-refractivity contribution >= 4 is 12.3 Å². The van der Waals surface area contributed by atoms with Gasteiger partial charge >= 0.3 is 5.97 Å². The number of carbonyl (C=O) groups is 2. The van der Waals surface area contributed by atoms with E-state index < -0.39 is 12.1 Å². The van der Waals surface area contributed by atoms with E-state index in [1.54, 1.807) is 24.3 Å². The summed E-state index contributed by atoms with van der Waals surface area (Å²) in [6.45, 7) is 0. The summed E-state index contributed by atoms with van der Waals surface area (Å²) in [6, 6.07) is 8.72. The van der Waals surface area contributed by atoms with Crippen LogP contribution in [-0.2, 0) is 9.53 Å². The maximum Gasteiger partial charge on any atom is 0.338 e. The number of aldehydes is 1. The van der Waals surface area contributed by atoms with Crippen LogP contribution in [0.5, 0.6) is 0 Å². The first kappa shape index (κ1) is 9.90. The molecule has 0 N–H and O–H groups in total. The molecular formula is C12H12O3. The average molecular weight is 204 g/mol. The molecule has 0 bridgehead atoms. The minimum atomic E-state index is -0.558. The molecule has 1 unspecified atom stereocenters. The van der Waals surface area contributed by atoms with E-state index in [-0.39, 0.29) is 5.92 Å². The Bertz CT molecular complexity index is 354. The predicted molar refractivity (Wildman–Crippen MR) is 54.4 cm³/mol. The smallest absolute Gasteiger partial charge is 0.338 e. The number of esters is 1. The fraction of sp³-hybridized carbons (Fsp3) is 0.333. The lowest BCUT2D eigenvalue weighted by Crippen LogP contribution is -2.21. The number of carbonyl (C=O) groups excluding carboxylic acids is 2. The second-order valence-electron chi connectivity index (χ2n) is 3.71. The Labute approximate surface area is 88.1 Å². The van der Waals surface area contributed by atoms with Gasteiger partial charge in [0.2, 0.25) is 0 Å². The molecule has 0 aromatic heterocycles. The van der Waals surface area contributed by atoms with E-state index in [1.165, 1.54) is 0 Å². The van der Waals surface area contributed by atoms with Crippen LogP contribution < -0.4 is 0 Å². The minimum Gasteiger partial charge on any atom is -0.451 e. The molecule has 3 nitrogen and oxygen atoms in total. The number of ether oxygens (including phenoxy) is 1. The monoisotopic (exact) mass is 204 g/mol. The number of hydrogen-bond donors (Lipinski definition) is 0. The standard InChI is InChI=1S/C12H12O3/c13-8-11(9-6-7-9)15-12(14)10-4-2-1-3-5-10/h1-5,8-9,11H,6-7H2. The third-order valence-corrected chi connectivity index (χ3v) is 2.47. The fourth-order valence-corrected chi connectivity index (χ4v) is 1.43. The van der Waals surface area contributed by atoms with E-state index in [0.717, 1.165) is 19.1 Å². The first-order valence-corrected chi connectivity index (χ1v) is 5.02. The molecule has 15 heavy (non-hydrogen) atoms. The van der Waals surface area contributed by atoms with Gasteiger partial charge in [0, 0.05) is 5.92 Å². The van der Waals surface area contributed by atoms with E-state index in [0.29, 0.717) is 5.56 Å². The molecule has 1 aromatic rings. The van der Waals surface area contributed by atoms with Gasteiger partial charge in [-0.2, -0.15) is 0 Å². The third kappa shape index (κ3) is 2.43. The van der Waals surface area contributed by atoms with Gasteiger partial charge in [-0.25, -0.2) is 4.79 Å². The zero-order valence-corrected chi connectivity index (χ0v) is 8.26. The van der Waals surface area contributed by atoms with Crippen molar-refractivity contribution in [1.29, 1.82) is 0 Å². The summed E-state index contributed by atoms with van der Waals surface area (Å²) < 4.78 is 5.10. The zero-order valence-electron chi connectivity index (χ0n) is 8.26. The molecule has 78 valence electrons. The normalized spacial score (nSPS) is 16.8. The van der Waals surface area contributed by atoms with Crippen LogP contribution in [-0.4, -0.2) is 18.4 Å². The molecule has 0 saturated heterocycles. The first-order valence-electron chi connectivity index (χ1n) is 5.02. The van der Waals surface area contributed by atoms with Gasteiger partial charge in [-0.1, -0.05) is 18.2 Å². The second-order valence-corrected chi connectivity index (χ2v) is 3.71. The Morgan fingerprint density at radius 2 is 2.00 bits per heavy atom. The molecule has 3 heteroatoms. The van der Waals surface area contributed by atoms with Gasteiger partial charge in [-0.15, -0.1) is 0 Å². The van der Waals surface area contributed by atoms with Crippen molar-refractivity contribution < 1.29 is 14.3 Å². The van der Waals surface area contributed by atoms with Crippen LogP contribution >= 0.6 is 0 Å². The van der Waals surface area contributed by atoms with Crippen molar-refractivity contribution in [3.63, 3.8) is 0 Å². The van der Waals surface area contributed by atoms with Crippen molar-refractivity contribution in [2.75, 3.05) is 0 Å². The largest absolute Gasteiger partial charge is 0.451 e. The third-order valence-electron chi connectivity index (χ3n) is 2.47. The van der Waals surface area contributed by atoms with Crippen molar-refractivity contribution in [2.45, 2.75) is 18.9 Å². The molecule has 0 amide bonds. The predicted octanol–water partition coefficient (Wildman–Crippen LogP) is 1.82. The van der Waals surface area contributed by atoms with Crippen molar-refractivity contribution in [1.82, 2.24) is 0 Å². The summed E-state index contributed by atoms with van der Waals surface area (Å²) in [5.74, 6) is -0.172. The van der Waals surface area contributed by atoms with Gasteiger partial charge in [0.05, 0.1) is 5.56 Å². The second kappa shape index (κ2) is 4.26. The number of rotatable bonds is 4. The fourth-order valence-electron chi connectivity index (χ4n) is 1.43.